The standard InChI is InChI=1S/C20H25N.C10H13NO4.C6H5NO2.C3H8/c1-17-12-14-21(16-17)15-13-20(18-8-4-2-5-9-18)19-10-6-3-7-11-19;1-5-7(9(12)13)4-8(6(2)11-5)10(14)15-3;8-7(9)6-4-2-1-3-5-6;1-3-2/h2-11,17,20H,12-16H2,1H3;11H,4H2,1-3H3,(H,12,13);1-5H;3H2,1-2H3. The van der Waals surface area contributed by atoms with Crippen molar-refractivity contribution in [2.24, 2.45) is 5.92 Å². The van der Waals surface area contributed by atoms with Gasteiger partial charge in [0, 0.05) is 42.4 Å². The third-order valence-corrected chi connectivity index (χ3v) is 7.94. The van der Waals surface area contributed by atoms with Crippen LogP contribution in [-0.4, -0.2) is 53.6 Å². The van der Waals surface area contributed by atoms with Crippen molar-refractivity contribution in [1.29, 1.82) is 0 Å². The van der Waals surface area contributed by atoms with Crippen LogP contribution in [-0.2, 0) is 14.3 Å². The largest absolute Gasteiger partial charge is 0.478 e. The van der Waals surface area contributed by atoms with E-state index in [4.69, 9.17) is 5.11 Å². The fourth-order valence-corrected chi connectivity index (χ4v) is 5.45. The van der Waals surface area contributed by atoms with E-state index in [-0.39, 0.29) is 17.7 Å². The van der Waals surface area contributed by atoms with E-state index in [2.05, 4.69) is 96.4 Å². The van der Waals surface area contributed by atoms with Crippen LogP contribution in [0.15, 0.2) is 114 Å². The molecule has 2 N–H and O–H groups in total. The smallest absolute Gasteiger partial charge is 0.335 e. The van der Waals surface area contributed by atoms with Gasteiger partial charge in [-0.25, -0.2) is 9.59 Å². The number of nitrogens with zero attached hydrogens (tertiary/aromatic N) is 2. The van der Waals surface area contributed by atoms with Crippen molar-refractivity contribution in [3.63, 3.8) is 0 Å². The second kappa shape index (κ2) is 21.2. The molecule has 0 saturated carbocycles. The number of likely N-dealkylation sites (tertiary alicyclic amines) is 1. The van der Waals surface area contributed by atoms with Gasteiger partial charge in [-0.2, -0.15) is 0 Å². The Hall–Kier alpha value is -4.76. The number of carbonyl (C=O) groups excluding carboxylic acids is 1. The van der Waals surface area contributed by atoms with Gasteiger partial charge >= 0.3 is 11.9 Å². The van der Waals surface area contributed by atoms with Gasteiger partial charge in [-0.1, -0.05) is 106 Å². The molecular weight excluding hydrogens is 606 g/mol. The molecule has 0 aromatic heterocycles. The number of carboxylic acid groups (broad SMARTS) is 1. The van der Waals surface area contributed by atoms with Crippen molar-refractivity contribution in [2.75, 3.05) is 26.7 Å². The van der Waals surface area contributed by atoms with E-state index in [1.165, 1.54) is 69.3 Å². The van der Waals surface area contributed by atoms with Gasteiger partial charge in [0.05, 0.1) is 23.2 Å². The highest BCUT2D eigenvalue weighted by Crippen LogP contribution is 2.29. The molecule has 3 aromatic carbocycles. The molecule has 258 valence electrons. The number of nitrogens with one attached hydrogen (secondary N) is 1. The number of methoxy groups -OCH3 is 1. The summed E-state index contributed by atoms with van der Waals surface area (Å²) in [5.74, 6) is -0.125. The Morgan fingerprint density at radius 3 is 1.79 bits per heavy atom. The van der Waals surface area contributed by atoms with Crippen molar-refractivity contribution < 1.29 is 24.4 Å². The normalized spacial score (nSPS) is 15.5. The number of non-ortho nitro benzene ring substituents is 1. The first kappa shape index (κ1) is 39.4. The van der Waals surface area contributed by atoms with E-state index in [1.54, 1.807) is 32.0 Å². The number of dihydropyridines is 1. The topological polar surface area (TPSA) is 122 Å². The van der Waals surface area contributed by atoms with Crippen LogP contribution in [0.2, 0.25) is 0 Å². The van der Waals surface area contributed by atoms with E-state index in [0.717, 1.165) is 5.92 Å². The average molecular weight is 658 g/mol. The molecule has 0 spiro atoms. The summed E-state index contributed by atoms with van der Waals surface area (Å²) in [7, 11) is 1.27. The van der Waals surface area contributed by atoms with Gasteiger partial charge in [0.2, 0.25) is 0 Å². The molecule has 2 aliphatic heterocycles. The van der Waals surface area contributed by atoms with Gasteiger partial charge in [0.1, 0.15) is 0 Å². The molecule has 2 heterocycles. The van der Waals surface area contributed by atoms with Gasteiger partial charge in [-0.3, -0.25) is 10.1 Å². The lowest BCUT2D eigenvalue weighted by Gasteiger charge is -2.22. The monoisotopic (exact) mass is 657 g/mol. The minimum atomic E-state index is -1.02. The number of esters is 1. The second-order valence-electron chi connectivity index (χ2n) is 12.0. The zero-order chi connectivity index (χ0) is 35.5. The van der Waals surface area contributed by atoms with Crippen LogP contribution in [0.5, 0.6) is 0 Å². The summed E-state index contributed by atoms with van der Waals surface area (Å²) in [4.78, 5) is 34.4. The van der Waals surface area contributed by atoms with Gasteiger partial charge in [0.15, 0.2) is 0 Å². The van der Waals surface area contributed by atoms with Crippen LogP contribution in [0.4, 0.5) is 5.69 Å². The highest BCUT2D eigenvalue weighted by Gasteiger charge is 2.25. The number of ether oxygens (including phenoxy) is 1. The van der Waals surface area contributed by atoms with Gasteiger partial charge in [-0.05, 0) is 56.8 Å². The molecule has 5 rings (SSSR count). The molecule has 2 aliphatic rings. The number of benzene rings is 3. The Morgan fingerprint density at radius 2 is 1.40 bits per heavy atom. The third kappa shape index (κ3) is 13.2. The Kier molecular flexibility index (Phi) is 17.4. The first-order chi connectivity index (χ1) is 23.0. The number of carbonyl (C=O) groups is 2. The lowest BCUT2D eigenvalue weighted by Crippen LogP contribution is -2.25. The van der Waals surface area contributed by atoms with E-state index >= 15 is 0 Å². The van der Waals surface area contributed by atoms with E-state index in [9.17, 15) is 19.7 Å². The number of nitro benzene ring substituents is 1. The zero-order valence-electron chi connectivity index (χ0n) is 29.1. The van der Waals surface area contributed by atoms with Crippen LogP contribution < -0.4 is 5.32 Å². The Labute approximate surface area is 285 Å². The SMILES string of the molecule is CC1CCN(CCC(c2ccccc2)c2ccccc2)C1.CCC.COC(=O)C1=C(C)NC(C)=C(C(=O)O)C1.O=[N+]([O-])c1ccccc1. The lowest BCUT2D eigenvalue weighted by molar-refractivity contribution is -0.384. The molecule has 0 aliphatic carbocycles. The van der Waals surface area contributed by atoms with Crippen LogP contribution in [0.25, 0.3) is 0 Å². The van der Waals surface area contributed by atoms with Crippen molar-refractivity contribution >= 4 is 17.6 Å². The average Bonchev–Trinajstić information content (AvgIpc) is 3.51. The zero-order valence-corrected chi connectivity index (χ0v) is 29.1. The Bertz CT molecular complexity index is 1450. The van der Waals surface area contributed by atoms with E-state index in [1.807, 2.05) is 0 Å². The van der Waals surface area contributed by atoms with Crippen molar-refractivity contribution in [1.82, 2.24) is 10.2 Å². The summed E-state index contributed by atoms with van der Waals surface area (Å²) in [6.07, 6.45) is 3.93. The fraction of sp³-hybridized carbons (Fsp3) is 0.385. The van der Waals surface area contributed by atoms with Crippen LogP contribution in [0, 0.1) is 16.0 Å². The van der Waals surface area contributed by atoms with Gasteiger partial charge in [0.25, 0.3) is 5.69 Å². The number of hydrogen-bond acceptors (Lipinski definition) is 7. The number of carboxylic acids is 1. The molecular formula is C39H51N3O6. The molecule has 1 unspecified atom stereocenters. The summed E-state index contributed by atoms with van der Waals surface area (Å²) in [6.45, 7) is 13.8. The molecule has 48 heavy (non-hydrogen) atoms. The third-order valence-electron chi connectivity index (χ3n) is 7.94. The van der Waals surface area contributed by atoms with Gasteiger partial charge in [-0.15, -0.1) is 0 Å². The van der Waals surface area contributed by atoms with E-state index < -0.39 is 16.9 Å². The molecule has 1 saturated heterocycles. The fourth-order valence-electron chi connectivity index (χ4n) is 5.45. The number of nitro groups is 1. The minimum Gasteiger partial charge on any atom is -0.478 e. The predicted octanol–water partition coefficient (Wildman–Crippen LogP) is 8.35. The summed E-state index contributed by atoms with van der Waals surface area (Å²) >= 11 is 0. The van der Waals surface area contributed by atoms with Crippen LogP contribution >= 0.6 is 0 Å². The summed E-state index contributed by atoms with van der Waals surface area (Å²) in [5.41, 5.74) is 4.78. The Morgan fingerprint density at radius 1 is 0.917 bits per heavy atom. The second-order valence-corrected chi connectivity index (χ2v) is 12.0. The minimum absolute atomic E-state index is 0.104. The highest BCUT2D eigenvalue weighted by molar-refractivity contribution is 5.95. The van der Waals surface area contributed by atoms with Crippen LogP contribution in [0.3, 0.4) is 0 Å². The predicted molar refractivity (Wildman–Crippen MR) is 191 cm³/mol. The number of aliphatic carboxylic acids is 1. The van der Waals surface area contributed by atoms with Crippen molar-refractivity contribution in [2.45, 2.75) is 66.2 Å². The quantitative estimate of drug-likeness (QED) is 0.141. The molecule has 0 radical (unpaired) electrons. The maximum Gasteiger partial charge on any atom is 0.335 e. The van der Waals surface area contributed by atoms with Crippen molar-refractivity contribution in [3.05, 3.63) is 135 Å². The molecule has 3 aromatic rings. The number of rotatable bonds is 8. The van der Waals surface area contributed by atoms with Crippen molar-refractivity contribution in [3.8, 4) is 0 Å². The number of allylic oxidation sites excluding steroid dienone is 2. The molecule has 1 fully saturated rings. The highest BCUT2D eigenvalue weighted by atomic mass is 16.6. The summed E-state index contributed by atoms with van der Waals surface area (Å²) in [6, 6.07) is 29.8. The Balaban J connectivity index is 0.000000258. The summed E-state index contributed by atoms with van der Waals surface area (Å²) < 4.78 is 4.57. The van der Waals surface area contributed by atoms with Gasteiger partial charge < -0.3 is 20.1 Å². The molecule has 0 bridgehead atoms. The van der Waals surface area contributed by atoms with E-state index in [0.29, 0.717) is 22.9 Å². The first-order valence-electron chi connectivity index (χ1n) is 16.5. The molecule has 9 heteroatoms. The maximum absolute atomic E-state index is 11.3. The molecule has 9 nitrogen and oxygen atoms in total. The number of hydrogen-bond donors (Lipinski definition) is 2. The molecule has 1 atom stereocenters. The lowest BCUT2D eigenvalue weighted by atomic mass is 9.88. The van der Waals surface area contributed by atoms with Crippen LogP contribution in [0.1, 0.15) is 77.3 Å². The molecule has 0 amide bonds. The number of para-hydroxylation sites is 1. The first-order valence-corrected chi connectivity index (χ1v) is 16.5. The maximum atomic E-state index is 11.3. The summed E-state index contributed by atoms with van der Waals surface area (Å²) in [5, 5.41) is 21.8.